The van der Waals surface area contributed by atoms with Crippen LogP contribution in [0.1, 0.15) is 32.6 Å². The van der Waals surface area contributed by atoms with Gasteiger partial charge in [0, 0.05) is 13.1 Å². The Labute approximate surface area is 111 Å². The number of amides is 4. The summed E-state index contributed by atoms with van der Waals surface area (Å²) in [5.74, 6) is -0.630. The molecule has 7 nitrogen and oxygen atoms in total. The van der Waals surface area contributed by atoms with E-state index in [2.05, 4.69) is 10.6 Å². The van der Waals surface area contributed by atoms with Gasteiger partial charge in [-0.3, -0.25) is 9.59 Å². The molecule has 1 aliphatic heterocycles. The van der Waals surface area contributed by atoms with Gasteiger partial charge in [-0.05, 0) is 19.8 Å². The third kappa shape index (κ3) is 2.30. The van der Waals surface area contributed by atoms with E-state index >= 15 is 0 Å². The highest BCUT2D eigenvalue weighted by molar-refractivity contribution is 6.09. The van der Waals surface area contributed by atoms with Crippen LogP contribution in [0.5, 0.6) is 0 Å². The van der Waals surface area contributed by atoms with Crippen molar-refractivity contribution in [3.8, 4) is 0 Å². The highest BCUT2D eigenvalue weighted by atomic mass is 16.2. The molecule has 2 fully saturated rings. The van der Waals surface area contributed by atoms with Gasteiger partial charge in [0.05, 0.1) is 0 Å². The zero-order valence-corrected chi connectivity index (χ0v) is 11.1. The number of urea groups is 1. The number of carbonyl (C=O) groups excluding carboxylic acids is 3. The molecule has 4 amide bonds. The van der Waals surface area contributed by atoms with Crippen LogP contribution in [0.15, 0.2) is 0 Å². The molecule has 0 aromatic heterocycles. The number of nitrogens with two attached hydrogens (primary N) is 1. The number of carbonyl (C=O) groups is 3. The van der Waals surface area contributed by atoms with Crippen molar-refractivity contribution in [2.45, 2.75) is 44.2 Å². The maximum absolute atomic E-state index is 12.4. The van der Waals surface area contributed by atoms with Crippen LogP contribution >= 0.6 is 0 Å². The smallest absolute Gasteiger partial charge is 0.325 e. The summed E-state index contributed by atoms with van der Waals surface area (Å²) in [6.07, 6.45) is 3.16. The molecule has 4 N–H and O–H groups in total. The molecule has 19 heavy (non-hydrogen) atoms. The summed E-state index contributed by atoms with van der Waals surface area (Å²) in [4.78, 5) is 37.2. The van der Waals surface area contributed by atoms with Crippen molar-refractivity contribution in [1.82, 2.24) is 15.5 Å². The van der Waals surface area contributed by atoms with Crippen LogP contribution < -0.4 is 16.4 Å². The standard InChI is InChI=1S/C12H20N4O3/c1-8(9(17)14-7-6-13)16-10(18)12(15-11(16)19)4-2-3-5-12/h8H,2-7,13H2,1H3,(H,14,17)(H,15,19). The molecule has 1 heterocycles. The van der Waals surface area contributed by atoms with E-state index in [1.54, 1.807) is 6.92 Å². The van der Waals surface area contributed by atoms with Gasteiger partial charge in [-0.15, -0.1) is 0 Å². The summed E-state index contributed by atoms with van der Waals surface area (Å²) in [5, 5.41) is 5.34. The number of nitrogens with zero attached hydrogens (tertiary/aromatic N) is 1. The number of imide groups is 1. The van der Waals surface area contributed by atoms with Gasteiger partial charge in [-0.25, -0.2) is 9.69 Å². The molecule has 0 bridgehead atoms. The minimum atomic E-state index is -0.806. The summed E-state index contributed by atoms with van der Waals surface area (Å²) in [5.41, 5.74) is 4.54. The summed E-state index contributed by atoms with van der Waals surface area (Å²) in [6.45, 7) is 2.21. The minimum Gasteiger partial charge on any atom is -0.353 e. The molecule has 2 rings (SSSR count). The largest absolute Gasteiger partial charge is 0.353 e. The van der Waals surface area contributed by atoms with E-state index in [4.69, 9.17) is 5.73 Å². The zero-order valence-electron chi connectivity index (χ0n) is 11.1. The Kier molecular flexibility index (Phi) is 3.75. The molecule has 1 atom stereocenters. The normalized spacial score (nSPS) is 22.7. The van der Waals surface area contributed by atoms with Crippen molar-refractivity contribution < 1.29 is 14.4 Å². The maximum atomic E-state index is 12.4. The Bertz CT molecular complexity index is 404. The first kappa shape index (κ1) is 13.8. The zero-order chi connectivity index (χ0) is 14.0. The van der Waals surface area contributed by atoms with Crippen molar-refractivity contribution in [3.63, 3.8) is 0 Å². The van der Waals surface area contributed by atoms with E-state index < -0.39 is 17.6 Å². The molecule has 1 saturated heterocycles. The Morgan fingerprint density at radius 2 is 2.11 bits per heavy atom. The molecule has 2 aliphatic rings. The average Bonchev–Trinajstić information content (AvgIpc) is 2.93. The maximum Gasteiger partial charge on any atom is 0.325 e. The first-order chi connectivity index (χ1) is 9.02. The third-order valence-electron chi connectivity index (χ3n) is 3.86. The van der Waals surface area contributed by atoms with E-state index in [1.165, 1.54) is 0 Å². The Morgan fingerprint density at radius 3 is 2.68 bits per heavy atom. The van der Waals surface area contributed by atoms with Gasteiger partial charge < -0.3 is 16.4 Å². The van der Waals surface area contributed by atoms with E-state index in [1.807, 2.05) is 0 Å². The lowest BCUT2D eigenvalue weighted by molar-refractivity contribution is -0.137. The fourth-order valence-electron chi connectivity index (χ4n) is 2.77. The van der Waals surface area contributed by atoms with Gasteiger partial charge in [0.1, 0.15) is 11.6 Å². The second-order valence-corrected chi connectivity index (χ2v) is 5.15. The van der Waals surface area contributed by atoms with Gasteiger partial charge in [0.25, 0.3) is 5.91 Å². The minimum absolute atomic E-state index is 0.273. The molecule has 0 radical (unpaired) electrons. The van der Waals surface area contributed by atoms with Crippen LogP contribution in [-0.4, -0.2) is 47.4 Å². The van der Waals surface area contributed by atoms with Crippen molar-refractivity contribution in [1.29, 1.82) is 0 Å². The SMILES string of the molecule is CC(C(=O)NCCN)N1C(=O)NC2(CCCC2)C1=O. The second-order valence-electron chi connectivity index (χ2n) is 5.15. The highest BCUT2D eigenvalue weighted by Gasteiger charge is 2.54. The van der Waals surface area contributed by atoms with E-state index in [-0.39, 0.29) is 11.8 Å². The van der Waals surface area contributed by atoms with Gasteiger partial charge in [-0.2, -0.15) is 0 Å². The molecule has 7 heteroatoms. The molecule has 1 aliphatic carbocycles. The monoisotopic (exact) mass is 268 g/mol. The van der Waals surface area contributed by atoms with Crippen LogP contribution in [0.2, 0.25) is 0 Å². The van der Waals surface area contributed by atoms with Crippen molar-refractivity contribution >= 4 is 17.8 Å². The van der Waals surface area contributed by atoms with E-state index in [9.17, 15) is 14.4 Å². The molecule has 106 valence electrons. The van der Waals surface area contributed by atoms with Gasteiger partial charge in [-0.1, -0.05) is 12.8 Å². The number of nitrogens with one attached hydrogen (secondary N) is 2. The molecular formula is C12H20N4O3. The molecule has 0 aromatic carbocycles. The Morgan fingerprint density at radius 1 is 1.47 bits per heavy atom. The first-order valence-electron chi connectivity index (χ1n) is 6.65. The van der Waals surface area contributed by atoms with Crippen LogP contribution in [-0.2, 0) is 9.59 Å². The molecule has 0 aromatic rings. The van der Waals surface area contributed by atoms with Gasteiger partial charge in [0.15, 0.2) is 0 Å². The Hall–Kier alpha value is -1.63. The van der Waals surface area contributed by atoms with E-state index in [0.717, 1.165) is 17.7 Å². The van der Waals surface area contributed by atoms with Gasteiger partial charge >= 0.3 is 6.03 Å². The molecule has 1 saturated carbocycles. The average molecular weight is 268 g/mol. The predicted octanol–water partition coefficient (Wildman–Crippen LogP) is -0.686. The number of rotatable bonds is 4. The van der Waals surface area contributed by atoms with Crippen LogP contribution in [0.25, 0.3) is 0 Å². The van der Waals surface area contributed by atoms with Crippen LogP contribution in [0.3, 0.4) is 0 Å². The quantitative estimate of drug-likeness (QED) is 0.587. The summed E-state index contributed by atoms with van der Waals surface area (Å²) >= 11 is 0. The molecule has 1 unspecified atom stereocenters. The van der Waals surface area contributed by atoms with Crippen LogP contribution in [0, 0.1) is 0 Å². The lowest BCUT2D eigenvalue weighted by atomic mass is 9.97. The number of hydrogen-bond acceptors (Lipinski definition) is 4. The Balaban J connectivity index is 2.09. The summed E-state index contributed by atoms with van der Waals surface area (Å²) in [7, 11) is 0. The second kappa shape index (κ2) is 5.16. The van der Waals surface area contributed by atoms with Gasteiger partial charge in [0.2, 0.25) is 5.91 Å². The predicted molar refractivity (Wildman–Crippen MR) is 68.1 cm³/mol. The first-order valence-corrected chi connectivity index (χ1v) is 6.65. The lowest BCUT2D eigenvalue weighted by Crippen LogP contribution is -2.50. The molecule has 1 spiro atoms. The highest BCUT2D eigenvalue weighted by Crippen LogP contribution is 2.35. The summed E-state index contributed by atoms with van der Waals surface area (Å²) in [6, 6.07) is -1.28. The fourth-order valence-corrected chi connectivity index (χ4v) is 2.77. The van der Waals surface area contributed by atoms with Crippen molar-refractivity contribution in [2.24, 2.45) is 5.73 Å². The lowest BCUT2D eigenvalue weighted by Gasteiger charge is -2.23. The number of hydrogen-bond donors (Lipinski definition) is 3. The van der Waals surface area contributed by atoms with E-state index in [0.29, 0.717) is 25.9 Å². The van der Waals surface area contributed by atoms with Crippen molar-refractivity contribution in [2.75, 3.05) is 13.1 Å². The fraction of sp³-hybridized carbons (Fsp3) is 0.750. The van der Waals surface area contributed by atoms with Crippen LogP contribution in [0.4, 0.5) is 4.79 Å². The topological polar surface area (TPSA) is 105 Å². The third-order valence-corrected chi connectivity index (χ3v) is 3.86. The summed E-state index contributed by atoms with van der Waals surface area (Å²) < 4.78 is 0. The molecular weight excluding hydrogens is 248 g/mol. The van der Waals surface area contributed by atoms with Crippen molar-refractivity contribution in [3.05, 3.63) is 0 Å².